The van der Waals surface area contributed by atoms with Crippen molar-refractivity contribution >= 4 is 38.8 Å². The fourth-order valence-corrected chi connectivity index (χ4v) is 4.57. The first-order valence-corrected chi connectivity index (χ1v) is 10.2. The summed E-state index contributed by atoms with van der Waals surface area (Å²) in [7, 11) is -3.98. The fourth-order valence-electron chi connectivity index (χ4n) is 2.67. The summed E-state index contributed by atoms with van der Waals surface area (Å²) < 4.78 is 70.9. The number of carbonyl (C=O) groups excluding carboxylic acids is 1. The van der Waals surface area contributed by atoms with Crippen LogP contribution in [0.1, 0.15) is 21.4 Å². The molecule has 2 heterocycles. The predicted octanol–water partition coefficient (Wildman–Crippen LogP) is 2.61. The largest absolute Gasteiger partial charge is 0.363 e. The molecular formula is C16H10F3N5O3S2. The molecule has 1 amide bonds. The van der Waals surface area contributed by atoms with Crippen molar-refractivity contribution in [1.82, 2.24) is 14.3 Å². The Labute approximate surface area is 166 Å². The number of hydrogen-bond donors (Lipinski definition) is 3. The molecule has 1 aromatic heterocycles. The lowest BCUT2D eigenvalue weighted by molar-refractivity contribution is 0.102. The van der Waals surface area contributed by atoms with Gasteiger partial charge in [0.1, 0.15) is 11.1 Å². The maximum Gasteiger partial charge on any atom is 0.255 e. The maximum absolute atomic E-state index is 13.3. The zero-order valence-corrected chi connectivity index (χ0v) is 15.7. The van der Waals surface area contributed by atoms with Gasteiger partial charge in [0, 0.05) is 23.4 Å². The molecule has 2 aromatic carbocycles. The van der Waals surface area contributed by atoms with Crippen LogP contribution in [0.3, 0.4) is 0 Å². The number of amides is 1. The number of aromatic nitrogens is 2. The summed E-state index contributed by atoms with van der Waals surface area (Å²) in [5.74, 6) is -5.43. The molecule has 0 saturated heterocycles. The molecule has 0 radical (unpaired) electrons. The molecule has 13 heteroatoms. The van der Waals surface area contributed by atoms with Crippen LogP contribution in [0.15, 0.2) is 41.4 Å². The van der Waals surface area contributed by atoms with Crippen molar-refractivity contribution in [3.63, 3.8) is 0 Å². The molecule has 3 aromatic rings. The number of hydrogen-bond acceptors (Lipinski definition) is 7. The van der Waals surface area contributed by atoms with Crippen LogP contribution < -0.4 is 15.4 Å². The average Bonchev–Trinajstić information content (AvgIpc) is 3.20. The summed E-state index contributed by atoms with van der Waals surface area (Å²) in [6.07, 6.45) is 0.649. The Balaban J connectivity index is 1.62. The molecule has 0 spiro atoms. The average molecular weight is 441 g/mol. The van der Waals surface area contributed by atoms with E-state index in [1.807, 2.05) is 0 Å². The van der Waals surface area contributed by atoms with Crippen LogP contribution in [0.2, 0.25) is 0 Å². The molecule has 1 aliphatic rings. The Morgan fingerprint density at radius 3 is 2.52 bits per heavy atom. The molecule has 29 heavy (non-hydrogen) atoms. The summed E-state index contributed by atoms with van der Waals surface area (Å²) in [6, 6.07) is 5.05. The molecule has 0 aliphatic carbocycles. The quantitative estimate of drug-likeness (QED) is 0.539. The molecule has 0 bridgehead atoms. The third-order valence-corrected chi connectivity index (χ3v) is 6.20. The van der Waals surface area contributed by atoms with Crippen molar-refractivity contribution in [2.75, 3.05) is 10.6 Å². The summed E-state index contributed by atoms with van der Waals surface area (Å²) in [5, 5.41) is 8.82. The molecule has 0 fully saturated rings. The number of nitrogens with one attached hydrogen (secondary N) is 3. The molecule has 0 saturated carbocycles. The van der Waals surface area contributed by atoms with Crippen molar-refractivity contribution in [3.05, 3.63) is 64.4 Å². The minimum absolute atomic E-state index is 0.0843. The molecule has 1 unspecified atom stereocenters. The van der Waals surface area contributed by atoms with Crippen LogP contribution in [0.5, 0.6) is 0 Å². The van der Waals surface area contributed by atoms with Crippen molar-refractivity contribution < 1.29 is 26.4 Å². The highest BCUT2D eigenvalue weighted by Crippen LogP contribution is 2.32. The third-order valence-electron chi connectivity index (χ3n) is 4.01. The third kappa shape index (κ3) is 3.66. The van der Waals surface area contributed by atoms with Crippen LogP contribution >= 0.6 is 11.5 Å². The van der Waals surface area contributed by atoms with E-state index in [2.05, 4.69) is 24.9 Å². The van der Waals surface area contributed by atoms with Gasteiger partial charge < -0.3 is 10.6 Å². The number of benzene rings is 2. The molecule has 150 valence electrons. The molecule has 1 atom stereocenters. The maximum atomic E-state index is 13.3. The van der Waals surface area contributed by atoms with Crippen LogP contribution in [0.25, 0.3) is 0 Å². The van der Waals surface area contributed by atoms with E-state index in [-0.39, 0.29) is 21.8 Å². The van der Waals surface area contributed by atoms with Crippen molar-refractivity contribution in [2.24, 2.45) is 0 Å². The lowest BCUT2D eigenvalue weighted by atomic mass is 10.1. The second-order valence-corrected chi connectivity index (χ2v) is 8.44. The normalized spacial score (nSPS) is 17.3. The lowest BCUT2D eigenvalue weighted by Crippen LogP contribution is -2.38. The van der Waals surface area contributed by atoms with Gasteiger partial charge in [-0.2, -0.15) is 4.72 Å². The zero-order valence-electron chi connectivity index (χ0n) is 14.1. The van der Waals surface area contributed by atoms with Crippen LogP contribution in [-0.2, 0) is 10.0 Å². The van der Waals surface area contributed by atoms with Gasteiger partial charge >= 0.3 is 0 Å². The van der Waals surface area contributed by atoms with Crippen molar-refractivity contribution in [2.45, 2.75) is 11.1 Å². The van der Waals surface area contributed by atoms with E-state index in [1.54, 1.807) is 0 Å². The van der Waals surface area contributed by atoms with Gasteiger partial charge in [0.15, 0.2) is 17.5 Å². The van der Waals surface area contributed by atoms with Crippen LogP contribution in [-0.4, -0.2) is 23.9 Å². The topological polar surface area (TPSA) is 113 Å². The van der Waals surface area contributed by atoms with Gasteiger partial charge in [0.2, 0.25) is 10.0 Å². The number of rotatable bonds is 3. The first-order valence-electron chi connectivity index (χ1n) is 7.90. The Bertz CT molecular complexity index is 1200. The van der Waals surface area contributed by atoms with Gasteiger partial charge in [-0.15, -0.1) is 5.10 Å². The van der Waals surface area contributed by atoms with E-state index in [4.69, 9.17) is 0 Å². The Kier molecular flexibility index (Phi) is 4.72. The fraction of sp³-hybridized carbons (Fsp3) is 0.0625. The van der Waals surface area contributed by atoms with Crippen molar-refractivity contribution in [1.29, 1.82) is 0 Å². The van der Waals surface area contributed by atoms with E-state index in [9.17, 15) is 26.4 Å². The number of halogens is 3. The van der Waals surface area contributed by atoms with E-state index in [1.165, 1.54) is 18.3 Å². The molecule has 8 nitrogen and oxygen atoms in total. The second-order valence-electron chi connectivity index (χ2n) is 5.94. The van der Waals surface area contributed by atoms with Gasteiger partial charge in [0.25, 0.3) is 5.91 Å². The van der Waals surface area contributed by atoms with Crippen LogP contribution in [0.4, 0.5) is 24.5 Å². The van der Waals surface area contributed by atoms with Crippen molar-refractivity contribution in [3.8, 4) is 0 Å². The van der Waals surface area contributed by atoms with Crippen LogP contribution in [0, 0.1) is 17.5 Å². The minimum Gasteiger partial charge on any atom is -0.363 e. The number of carbonyl (C=O) groups is 1. The minimum atomic E-state index is -3.98. The smallest absolute Gasteiger partial charge is 0.255 e. The number of sulfonamides is 1. The highest BCUT2D eigenvalue weighted by molar-refractivity contribution is 7.89. The molecular weight excluding hydrogens is 431 g/mol. The standard InChI is InChI=1S/C16H10F3N5O3S2/c17-9-4-8(5-10(18)14(9)19)21-16(25)7-1-2-11-13(3-7)29(26,27)23-15(22-11)12-6-20-24-28-12/h1-6,15,22-23H,(H,21,25). The Morgan fingerprint density at radius 1 is 1.14 bits per heavy atom. The zero-order chi connectivity index (χ0) is 20.8. The first kappa shape index (κ1) is 19.3. The van der Waals surface area contributed by atoms with E-state index < -0.39 is 39.5 Å². The number of fused-ring (bicyclic) bond motifs is 1. The van der Waals surface area contributed by atoms with Gasteiger partial charge in [0.05, 0.1) is 16.8 Å². The molecule has 3 N–H and O–H groups in total. The monoisotopic (exact) mass is 441 g/mol. The van der Waals surface area contributed by atoms with Gasteiger partial charge in [-0.05, 0) is 29.7 Å². The Hall–Kier alpha value is -3.03. The summed E-state index contributed by atoms with van der Waals surface area (Å²) in [5.41, 5.74) is -0.155. The lowest BCUT2D eigenvalue weighted by Gasteiger charge is -2.27. The van der Waals surface area contributed by atoms with E-state index in [0.29, 0.717) is 17.0 Å². The number of anilines is 2. The Morgan fingerprint density at radius 2 is 1.86 bits per heavy atom. The summed E-state index contributed by atoms with van der Waals surface area (Å²) in [6.45, 7) is 0. The molecule has 1 aliphatic heterocycles. The van der Waals surface area contributed by atoms with E-state index >= 15 is 0 Å². The summed E-state index contributed by atoms with van der Waals surface area (Å²) in [4.78, 5) is 12.7. The highest BCUT2D eigenvalue weighted by Gasteiger charge is 2.31. The molecule has 4 rings (SSSR count). The van der Waals surface area contributed by atoms with E-state index in [0.717, 1.165) is 17.6 Å². The summed E-state index contributed by atoms with van der Waals surface area (Å²) >= 11 is 1.01. The second kappa shape index (κ2) is 7.09. The van der Waals surface area contributed by atoms with Gasteiger partial charge in [-0.1, -0.05) is 4.49 Å². The number of nitrogens with zero attached hydrogens (tertiary/aromatic N) is 2. The first-order chi connectivity index (χ1) is 13.7. The predicted molar refractivity (Wildman–Crippen MR) is 97.3 cm³/mol. The van der Waals surface area contributed by atoms with Gasteiger partial charge in [-0.3, -0.25) is 4.79 Å². The SMILES string of the molecule is O=C(Nc1cc(F)c(F)c(F)c1)c1ccc2c(c1)S(=O)(=O)NC(c1cnns1)N2. The highest BCUT2D eigenvalue weighted by atomic mass is 32.2. The van der Waals surface area contributed by atoms with Gasteiger partial charge in [-0.25, -0.2) is 21.6 Å².